The van der Waals surface area contributed by atoms with E-state index in [4.69, 9.17) is 0 Å². The number of amides is 1. The number of carbonyl (C=O) groups excluding carboxylic acids is 1. The number of para-hydroxylation sites is 1. The average Bonchev–Trinajstić information content (AvgIpc) is 2.62. The molecular weight excluding hydrogens is 336 g/mol. The molecule has 26 heavy (non-hydrogen) atoms. The van der Waals surface area contributed by atoms with Crippen LogP contribution >= 0.6 is 0 Å². The lowest BCUT2D eigenvalue weighted by atomic mass is 10.1. The van der Waals surface area contributed by atoms with Crippen molar-refractivity contribution in [3.05, 3.63) is 83.1 Å². The SMILES string of the molecule is Cc1ccc(C(=O)Nc2ccc(Nc3c(F)cccc3F)cn2)cc1C. The average molecular weight is 353 g/mol. The molecule has 0 fully saturated rings. The fourth-order valence-corrected chi connectivity index (χ4v) is 2.37. The molecule has 0 saturated heterocycles. The van der Waals surface area contributed by atoms with Crippen LogP contribution in [0.2, 0.25) is 0 Å². The highest BCUT2D eigenvalue weighted by Gasteiger charge is 2.10. The first-order chi connectivity index (χ1) is 12.4. The number of carbonyl (C=O) groups is 1. The summed E-state index contributed by atoms with van der Waals surface area (Å²) in [7, 11) is 0. The zero-order chi connectivity index (χ0) is 18.7. The molecule has 0 atom stereocenters. The largest absolute Gasteiger partial charge is 0.349 e. The van der Waals surface area contributed by atoms with Gasteiger partial charge in [0.05, 0.1) is 11.9 Å². The molecule has 2 aromatic carbocycles. The molecule has 4 nitrogen and oxygen atoms in total. The Bertz CT molecular complexity index is 936. The summed E-state index contributed by atoms with van der Waals surface area (Å²) < 4.78 is 27.3. The molecule has 0 aliphatic carbocycles. The topological polar surface area (TPSA) is 54.0 Å². The van der Waals surface area contributed by atoms with Crippen LogP contribution in [0.5, 0.6) is 0 Å². The molecule has 3 aromatic rings. The van der Waals surface area contributed by atoms with Gasteiger partial charge >= 0.3 is 0 Å². The predicted molar refractivity (Wildman–Crippen MR) is 97.7 cm³/mol. The Morgan fingerprint density at radius 2 is 1.69 bits per heavy atom. The number of nitrogens with zero attached hydrogens (tertiary/aromatic N) is 1. The molecule has 0 aliphatic rings. The van der Waals surface area contributed by atoms with E-state index in [0.29, 0.717) is 17.1 Å². The Morgan fingerprint density at radius 1 is 0.962 bits per heavy atom. The summed E-state index contributed by atoms with van der Waals surface area (Å²) >= 11 is 0. The molecule has 0 unspecified atom stereocenters. The van der Waals surface area contributed by atoms with Crippen LogP contribution in [0, 0.1) is 25.5 Å². The van der Waals surface area contributed by atoms with Gasteiger partial charge in [0.1, 0.15) is 23.1 Å². The van der Waals surface area contributed by atoms with Crippen LogP contribution in [0.15, 0.2) is 54.7 Å². The van der Waals surface area contributed by atoms with Crippen LogP contribution in [0.4, 0.5) is 26.0 Å². The molecule has 1 amide bonds. The molecular formula is C20H17F2N3O. The fourth-order valence-electron chi connectivity index (χ4n) is 2.37. The van der Waals surface area contributed by atoms with Gasteiger partial charge in [0, 0.05) is 5.56 Å². The van der Waals surface area contributed by atoms with E-state index in [2.05, 4.69) is 15.6 Å². The van der Waals surface area contributed by atoms with Crippen molar-refractivity contribution < 1.29 is 13.6 Å². The van der Waals surface area contributed by atoms with Crippen molar-refractivity contribution in [1.29, 1.82) is 0 Å². The van der Waals surface area contributed by atoms with Gasteiger partial charge in [-0.1, -0.05) is 12.1 Å². The van der Waals surface area contributed by atoms with Gasteiger partial charge < -0.3 is 10.6 Å². The van der Waals surface area contributed by atoms with Crippen molar-refractivity contribution in [3.63, 3.8) is 0 Å². The van der Waals surface area contributed by atoms with Gasteiger partial charge in [-0.2, -0.15) is 0 Å². The number of hydrogen-bond donors (Lipinski definition) is 2. The van der Waals surface area contributed by atoms with E-state index >= 15 is 0 Å². The highest BCUT2D eigenvalue weighted by atomic mass is 19.1. The molecule has 1 heterocycles. The van der Waals surface area contributed by atoms with E-state index < -0.39 is 11.6 Å². The lowest BCUT2D eigenvalue weighted by Crippen LogP contribution is -2.13. The minimum absolute atomic E-state index is 0.249. The third-order valence-electron chi connectivity index (χ3n) is 4.01. The Kier molecular flexibility index (Phi) is 4.93. The van der Waals surface area contributed by atoms with Crippen LogP contribution in [-0.2, 0) is 0 Å². The zero-order valence-electron chi connectivity index (χ0n) is 14.3. The molecule has 132 valence electrons. The second-order valence-corrected chi connectivity index (χ2v) is 5.91. The van der Waals surface area contributed by atoms with Crippen LogP contribution in [0.3, 0.4) is 0 Å². The normalized spacial score (nSPS) is 10.5. The van der Waals surface area contributed by atoms with Gasteiger partial charge in [0.15, 0.2) is 0 Å². The summed E-state index contributed by atoms with van der Waals surface area (Å²) in [6.45, 7) is 3.91. The number of aromatic nitrogens is 1. The highest BCUT2D eigenvalue weighted by Crippen LogP contribution is 2.23. The molecule has 3 rings (SSSR count). The van der Waals surface area contributed by atoms with Crippen LogP contribution < -0.4 is 10.6 Å². The van der Waals surface area contributed by atoms with Gasteiger partial charge in [0.25, 0.3) is 5.91 Å². The lowest BCUT2D eigenvalue weighted by Gasteiger charge is -2.10. The van der Waals surface area contributed by atoms with Crippen molar-refractivity contribution >= 4 is 23.1 Å². The molecule has 1 aromatic heterocycles. The van der Waals surface area contributed by atoms with E-state index in [1.165, 1.54) is 12.3 Å². The van der Waals surface area contributed by atoms with Crippen LogP contribution in [-0.4, -0.2) is 10.9 Å². The summed E-state index contributed by atoms with van der Waals surface area (Å²) in [5.74, 6) is -1.33. The second-order valence-electron chi connectivity index (χ2n) is 5.91. The number of benzene rings is 2. The minimum Gasteiger partial charge on any atom is -0.349 e. The summed E-state index contributed by atoms with van der Waals surface area (Å²) in [5.41, 5.74) is 2.82. The molecule has 0 saturated carbocycles. The highest BCUT2D eigenvalue weighted by molar-refractivity contribution is 6.03. The second kappa shape index (κ2) is 7.31. The Morgan fingerprint density at radius 3 is 2.31 bits per heavy atom. The maximum Gasteiger partial charge on any atom is 0.256 e. The van der Waals surface area contributed by atoms with Gasteiger partial charge in [-0.3, -0.25) is 4.79 Å². The van der Waals surface area contributed by atoms with Crippen molar-refractivity contribution in [1.82, 2.24) is 4.98 Å². The summed E-state index contributed by atoms with van der Waals surface area (Å²) in [6, 6.07) is 12.2. The van der Waals surface area contributed by atoms with Crippen molar-refractivity contribution in [3.8, 4) is 0 Å². The number of anilines is 3. The number of pyridine rings is 1. The van der Waals surface area contributed by atoms with Gasteiger partial charge in [-0.15, -0.1) is 0 Å². The molecule has 0 spiro atoms. The number of nitrogens with one attached hydrogen (secondary N) is 2. The number of hydrogen-bond acceptors (Lipinski definition) is 3. The Hall–Kier alpha value is -3.28. The third-order valence-corrected chi connectivity index (χ3v) is 4.01. The van der Waals surface area contributed by atoms with E-state index in [0.717, 1.165) is 23.3 Å². The van der Waals surface area contributed by atoms with Gasteiger partial charge in [-0.25, -0.2) is 13.8 Å². The summed E-state index contributed by atoms with van der Waals surface area (Å²) in [6.07, 6.45) is 1.39. The van der Waals surface area contributed by atoms with E-state index in [1.54, 1.807) is 18.2 Å². The van der Waals surface area contributed by atoms with Crippen LogP contribution in [0.1, 0.15) is 21.5 Å². The number of halogens is 2. The summed E-state index contributed by atoms with van der Waals surface area (Å²) in [4.78, 5) is 16.4. The third kappa shape index (κ3) is 3.85. The van der Waals surface area contributed by atoms with E-state index in [-0.39, 0.29) is 11.6 Å². The molecule has 0 radical (unpaired) electrons. The predicted octanol–water partition coefficient (Wildman–Crippen LogP) is 4.97. The Labute approximate surface area is 149 Å². The Balaban J connectivity index is 1.71. The fraction of sp³-hybridized carbons (Fsp3) is 0.100. The van der Waals surface area contributed by atoms with E-state index in [9.17, 15) is 13.6 Å². The maximum atomic E-state index is 13.7. The molecule has 0 aliphatic heterocycles. The van der Waals surface area contributed by atoms with Crippen LogP contribution in [0.25, 0.3) is 0 Å². The number of aryl methyl sites for hydroxylation is 2. The minimum atomic E-state index is -0.697. The van der Waals surface area contributed by atoms with Crippen molar-refractivity contribution in [2.45, 2.75) is 13.8 Å². The van der Waals surface area contributed by atoms with Gasteiger partial charge in [-0.05, 0) is 61.4 Å². The summed E-state index contributed by atoms with van der Waals surface area (Å²) in [5, 5.41) is 5.33. The first-order valence-corrected chi connectivity index (χ1v) is 8.00. The molecule has 0 bridgehead atoms. The standard InChI is InChI=1S/C20H17F2N3O/c1-12-6-7-14(10-13(12)2)20(26)25-18-9-8-15(11-23-18)24-19-16(21)4-3-5-17(19)22/h3-11,24H,1-2H3,(H,23,25,26). The lowest BCUT2D eigenvalue weighted by molar-refractivity contribution is 0.102. The zero-order valence-corrected chi connectivity index (χ0v) is 14.3. The van der Waals surface area contributed by atoms with E-state index in [1.807, 2.05) is 26.0 Å². The maximum absolute atomic E-state index is 13.7. The first-order valence-electron chi connectivity index (χ1n) is 8.00. The quantitative estimate of drug-likeness (QED) is 0.696. The molecule has 6 heteroatoms. The first kappa shape index (κ1) is 17.5. The van der Waals surface area contributed by atoms with Gasteiger partial charge in [0.2, 0.25) is 0 Å². The van der Waals surface area contributed by atoms with Crippen molar-refractivity contribution in [2.75, 3.05) is 10.6 Å². The number of rotatable bonds is 4. The monoisotopic (exact) mass is 353 g/mol. The molecule has 2 N–H and O–H groups in total. The smallest absolute Gasteiger partial charge is 0.256 e. The van der Waals surface area contributed by atoms with Crippen molar-refractivity contribution in [2.24, 2.45) is 0 Å².